The number of pyridine rings is 1. The lowest BCUT2D eigenvalue weighted by atomic mass is 9.99. The first-order chi connectivity index (χ1) is 11.7. The normalized spacial score (nSPS) is 14.5. The zero-order chi connectivity index (χ0) is 16.4. The molecule has 0 aliphatic heterocycles. The van der Waals surface area contributed by atoms with Crippen molar-refractivity contribution < 1.29 is 0 Å². The predicted octanol–water partition coefficient (Wildman–Crippen LogP) is 3.62. The molecular formula is C16H16N6S2. The molecule has 0 N–H and O–H groups in total. The summed E-state index contributed by atoms with van der Waals surface area (Å²) in [6, 6.07) is 0. The van der Waals surface area contributed by atoms with Gasteiger partial charge in [-0.15, -0.1) is 16.4 Å². The first kappa shape index (κ1) is 14.5. The van der Waals surface area contributed by atoms with Gasteiger partial charge in [-0.25, -0.2) is 9.97 Å². The standard InChI is InChI=1S/C16H16N6S2/c1-7(2)11-9-6-4-5-8(9)10-12-13(24-15(10)17-11)14-19-20-21-22(14)16(18-12)23-3/h7H,4-6H2,1-3H3. The van der Waals surface area contributed by atoms with Gasteiger partial charge in [0.2, 0.25) is 5.65 Å². The van der Waals surface area contributed by atoms with E-state index in [1.165, 1.54) is 28.6 Å². The largest absolute Gasteiger partial charge is 0.241 e. The van der Waals surface area contributed by atoms with E-state index < -0.39 is 0 Å². The van der Waals surface area contributed by atoms with Crippen molar-refractivity contribution in [2.75, 3.05) is 6.26 Å². The van der Waals surface area contributed by atoms with Gasteiger partial charge in [0.25, 0.3) is 0 Å². The van der Waals surface area contributed by atoms with Crippen LogP contribution in [0.25, 0.3) is 26.1 Å². The maximum Gasteiger partial charge on any atom is 0.201 e. The minimum absolute atomic E-state index is 0.441. The van der Waals surface area contributed by atoms with Crippen LogP contribution in [0.3, 0.4) is 0 Å². The van der Waals surface area contributed by atoms with Gasteiger partial charge < -0.3 is 0 Å². The Kier molecular flexibility index (Phi) is 3.09. The van der Waals surface area contributed by atoms with Crippen molar-refractivity contribution in [2.45, 2.75) is 44.2 Å². The van der Waals surface area contributed by atoms with Crippen LogP contribution in [-0.2, 0) is 12.8 Å². The number of rotatable bonds is 2. The fourth-order valence-electron chi connectivity index (χ4n) is 3.71. The first-order valence-corrected chi connectivity index (χ1v) is 10.1. The van der Waals surface area contributed by atoms with Crippen LogP contribution in [0, 0.1) is 0 Å². The van der Waals surface area contributed by atoms with Crippen molar-refractivity contribution in [3.8, 4) is 0 Å². The SMILES string of the molecule is CSc1nc2c(sc3nc(C(C)C)c4c(c32)CCC4)c2nnnn12. The summed E-state index contributed by atoms with van der Waals surface area (Å²) in [7, 11) is 0. The fraction of sp³-hybridized carbons (Fsp3) is 0.438. The maximum absolute atomic E-state index is 5.02. The monoisotopic (exact) mass is 356 g/mol. The van der Waals surface area contributed by atoms with Gasteiger partial charge in [-0.3, -0.25) is 0 Å². The number of aryl methyl sites for hydroxylation is 1. The van der Waals surface area contributed by atoms with Gasteiger partial charge in [0.05, 0.1) is 5.52 Å². The zero-order valence-electron chi connectivity index (χ0n) is 13.7. The summed E-state index contributed by atoms with van der Waals surface area (Å²) in [5.74, 6) is 0.441. The first-order valence-electron chi connectivity index (χ1n) is 8.09. The van der Waals surface area contributed by atoms with E-state index in [9.17, 15) is 0 Å². The van der Waals surface area contributed by atoms with Crippen LogP contribution in [-0.4, -0.2) is 36.3 Å². The lowest BCUT2D eigenvalue weighted by Gasteiger charge is -2.11. The Morgan fingerprint density at radius 2 is 2.00 bits per heavy atom. The number of nitrogens with zero attached hydrogens (tertiary/aromatic N) is 6. The smallest absolute Gasteiger partial charge is 0.201 e. The number of tetrazole rings is 1. The maximum atomic E-state index is 5.02. The Balaban J connectivity index is 2.00. The van der Waals surface area contributed by atoms with E-state index in [2.05, 4.69) is 29.4 Å². The van der Waals surface area contributed by atoms with Crippen molar-refractivity contribution >= 4 is 49.2 Å². The summed E-state index contributed by atoms with van der Waals surface area (Å²) in [5.41, 5.74) is 5.95. The second-order valence-corrected chi connectivity index (χ2v) is 8.21. The minimum atomic E-state index is 0.441. The van der Waals surface area contributed by atoms with Gasteiger partial charge in [-0.2, -0.15) is 4.52 Å². The molecule has 5 rings (SSSR count). The quantitative estimate of drug-likeness (QED) is 0.404. The van der Waals surface area contributed by atoms with Crippen LogP contribution in [0.15, 0.2) is 5.16 Å². The van der Waals surface area contributed by atoms with E-state index in [0.717, 1.165) is 38.7 Å². The predicted molar refractivity (Wildman–Crippen MR) is 97.2 cm³/mol. The topological polar surface area (TPSA) is 68.9 Å². The molecule has 0 radical (unpaired) electrons. The number of thiophene rings is 1. The molecule has 0 amide bonds. The number of thioether (sulfide) groups is 1. The average Bonchev–Trinajstić information content (AvgIpc) is 3.28. The summed E-state index contributed by atoms with van der Waals surface area (Å²) < 4.78 is 2.77. The molecule has 4 aromatic heterocycles. The van der Waals surface area contributed by atoms with E-state index in [1.807, 2.05) is 6.26 Å². The van der Waals surface area contributed by atoms with Crippen LogP contribution in [0.5, 0.6) is 0 Å². The molecule has 0 spiro atoms. The Hall–Kier alpha value is -1.80. The summed E-state index contributed by atoms with van der Waals surface area (Å²) in [4.78, 5) is 11.0. The molecule has 0 aromatic carbocycles. The van der Waals surface area contributed by atoms with Gasteiger partial charge in [0.15, 0.2) is 5.16 Å². The Morgan fingerprint density at radius 1 is 1.17 bits per heavy atom. The minimum Gasteiger partial charge on any atom is -0.241 e. The Labute approximate surface area is 146 Å². The molecule has 0 saturated carbocycles. The van der Waals surface area contributed by atoms with Crippen molar-refractivity contribution in [1.29, 1.82) is 0 Å². The van der Waals surface area contributed by atoms with Crippen LogP contribution in [0.1, 0.15) is 43.0 Å². The van der Waals surface area contributed by atoms with E-state index in [1.54, 1.807) is 27.6 Å². The molecule has 0 unspecified atom stereocenters. The average molecular weight is 356 g/mol. The second-order valence-electron chi connectivity index (χ2n) is 6.44. The zero-order valence-corrected chi connectivity index (χ0v) is 15.3. The third-order valence-corrected chi connectivity index (χ3v) is 6.40. The molecule has 6 nitrogen and oxygen atoms in total. The molecule has 4 aromatic rings. The summed E-state index contributed by atoms with van der Waals surface area (Å²) >= 11 is 3.23. The molecule has 0 atom stereocenters. The molecule has 122 valence electrons. The molecule has 4 heterocycles. The number of hydrogen-bond acceptors (Lipinski definition) is 7. The van der Waals surface area contributed by atoms with Gasteiger partial charge >= 0.3 is 0 Å². The van der Waals surface area contributed by atoms with Crippen LogP contribution >= 0.6 is 23.1 Å². The highest BCUT2D eigenvalue weighted by Crippen LogP contribution is 2.42. The number of hydrogen-bond donors (Lipinski definition) is 0. The molecule has 1 aliphatic carbocycles. The van der Waals surface area contributed by atoms with E-state index >= 15 is 0 Å². The highest BCUT2D eigenvalue weighted by molar-refractivity contribution is 7.98. The summed E-state index contributed by atoms with van der Waals surface area (Å²) in [6.07, 6.45) is 5.46. The second kappa shape index (κ2) is 5.10. The fourth-order valence-corrected chi connectivity index (χ4v) is 5.31. The molecule has 1 aliphatic rings. The highest BCUT2D eigenvalue weighted by Gasteiger charge is 2.26. The molecule has 8 heteroatoms. The summed E-state index contributed by atoms with van der Waals surface area (Å²) in [5, 5.41) is 14.2. The molecular weight excluding hydrogens is 340 g/mol. The Bertz CT molecular complexity index is 1110. The third-order valence-electron chi connectivity index (χ3n) is 4.71. The molecule has 0 saturated heterocycles. The van der Waals surface area contributed by atoms with Gasteiger partial charge in [0.1, 0.15) is 9.53 Å². The third kappa shape index (κ3) is 1.81. The van der Waals surface area contributed by atoms with Crippen molar-refractivity contribution in [2.24, 2.45) is 0 Å². The summed E-state index contributed by atoms with van der Waals surface area (Å²) in [6.45, 7) is 4.45. The van der Waals surface area contributed by atoms with Gasteiger partial charge in [-0.1, -0.05) is 25.6 Å². The highest BCUT2D eigenvalue weighted by atomic mass is 32.2. The Morgan fingerprint density at radius 3 is 2.79 bits per heavy atom. The molecule has 24 heavy (non-hydrogen) atoms. The number of aromatic nitrogens is 6. The van der Waals surface area contributed by atoms with Crippen molar-refractivity contribution in [1.82, 2.24) is 30.0 Å². The lowest BCUT2D eigenvalue weighted by molar-refractivity contribution is 0.744. The van der Waals surface area contributed by atoms with Gasteiger partial charge in [-0.05, 0) is 53.0 Å². The van der Waals surface area contributed by atoms with E-state index in [4.69, 9.17) is 9.97 Å². The van der Waals surface area contributed by atoms with Crippen LogP contribution in [0.4, 0.5) is 0 Å². The van der Waals surface area contributed by atoms with E-state index in [0.29, 0.717) is 5.92 Å². The molecule has 0 fully saturated rings. The lowest BCUT2D eigenvalue weighted by Crippen LogP contribution is -2.00. The van der Waals surface area contributed by atoms with Crippen molar-refractivity contribution in [3.63, 3.8) is 0 Å². The van der Waals surface area contributed by atoms with Crippen molar-refractivity contribution in [3.05, 3.63) is 16.8 Å². The van der Waals surface area contributed by atoms with Gasteiger partial charge in [0, 0.05) is 11.1 Å². The van der Waals surface area contributed by atoms with Crippen LogP contribution < -0.4 is 0 Å². The van der Waals surface area contributed by atoms with E-state index in [-0.39, 0.29) is 0 Å². The van der Waals surface area contributed by atoms with Crippen LogP contribution in [0.2, 0.25) is 0 Å². The number of fused-ring (bicyclic) bond motifs is 7. The molecule has 0 bridgehead atoms.